The molecule has 0 bridgehead atoms. The van der Waals surface area contributed by atoms with Crippen LogP contribution >= 0.6 is 0 Å². The van der Waals surface area contributed by atoms with Gasteiger partial charge in [-0.1, -0.05) is 0 Å². The van der Waals surface area contributed by atoms with Gasteiger partial charge in [0.05, 0.1) is 7.11 Å². The van der Waals surface area contributed by atoms with Crippen LogP contribution in [0.1, 0.15) is 27.7 Å². The molecule has 0 rings (SSSR count). The zero-order valence-electron chi connectivity index (χ0n) is 10.6. The average molecular weight is 243 g/mol. The zero-order valence-corrected chi connectivity index (χ0v) is 10.6. The molecule has 0 aliphatic carbocycles. The van der Waals surface area contributed by atoms with Crippen molar-refractivity contribution < 1.29 is 24.2 Å². The van der Waals surface area contributed by atoms with Crippen LogP contribution in [0.4, 0.5) is 0 Å². The van der Waals surface area contributed by atoms with Crippen LogP contribution in [0, 0.1) is 0 Å². The Labute approximate surface area is 99.6 Å². The van der Waals surface area contributed by atoms with Crippen LogP contribution in [0.2, 0.25) is 0 Å². The van der Waals surface area contributed by atoms with Crippen molar-refractivity contribution in [3.05, 3.63) is 11.1 Å². The number of nitrogens with one attached hydrogen (secondary N) is 1. The Morgan fingerprint density at radius 2 is 1.59 bits per heavy atom. The van der Waals surface area contributed by atoms with Gasteiger partial charge >= 0.3 is 11.9 Å². The Morgan fingerprint density at radius 3 is 1.94 bits per heavy atom. The number of carboxylic acid groups (broad SMARTS) is 1. The summed E-state index contributed by atoms with van der Waals surface area (Å²) in [7, 11) is 1.21. The molecule has 0 fully saturated rings. The Balaban J connectivity index is 4.95. The molecule has 0 saturated carbocycles. The molecule has 0 aliphatic heterocycles. The Bertz CT molecular complexity index is 381. The summed E-state index contributed by atoms with van der Waals surface area (Å²) >= 11 is 0. The molecule has 96 valence electrons. The third kappa shape index (κ3) is 3.90. The van der Waals surface area contributed by atoms with E-state index in [0.717, 1.165) is 0 Å². The predicted molar refractivity (Wildman–Crippen MR) is 60.2 cm³/mol. The molecule has 1 amide bonds. The minimum Gasteiger partial charge on any atom is -0.478 e. The monoisotopic (exact) mass is 243 g/mol. The molecule has 17 heavy (non-hydrogen) atoms. The maximum atomic E-state index is 11.7. The first-order valence-electron chi connectivity index (χ1n) is 4.95. The summed E-state index contributed by atoms with van der Waals surface area (Å²) in [6.45, 7) is 5.65. The van der Waals surface area contributed by atoms with E-state index in [0.29, 0.717) is 0 Å². The molecule has 2 N–H and O–H groups in total. The lowest BCUT2D eigenvalue weighted by molar-refractivity contribution is -0.148. The fourth-order valence-electron chi connectivity index (χ4n) is 1.01. The second-order valence-corrected chi connectivity index (χ2v) is 4.13. The number of hydrogen-bond acceptors (Lipinski definition) is 4. The highest BCUT2D eigenvalue weighted by Gasteiger charge is 2.31. The number of carboxylic acids is 1. The van der Waals surface area contributed by atoms with Crippen molar-refractivity contribution in [3.63, 3.8) is 0 Å². The number of hydrogen-bond donors (Lipinski definition) is 2. The number of methoxy groups -OCH3 is 1. The highest BCUT2D eigenvalue weighted by Crippen LogP contribution is 2.09. The number of carbonyl (C=O) groups is 3. The van der Waals surface area contributed by atoms with Crippen molar-refractivity contribution >= 4 is 17.8 Å². The van der Waals surface area contributed by atoms with Gasteiger partial charge in [-0.05, 0) is 27.7 Å². The van der Waals surface area contributed by atoms with Crippen molar-refractivity contribution in [1.82, 2.24) is 5.32 Å². The van der Waals surface area contributed by atoms with Crippen LogP contribution in [-0.2, 0) is 19.1 Å². The number of amides is 1. The summed E-state index contributed by atoms with van der Waals surface area (Å²) in [5.41, 5.74) is -1.22. The second-order valence-electron chi connectivity index (χ2n) is 4.13. The van der Waals surface area contributed by atoms with E-state index in [1.807, 2.05) is 0 Å². The van der Waals surface area contributed by atoms with Gasteiger partial charge in [0.1, 0.15) is 5.54 Å². The fourth-order valence-corrected chi connectivity index (χ4v) is 1.01. The minimum atomic E-state index is -1.20. The first-order valence-corrected chi connectivity index (χ1v) is 4.95. The summed E-state index contributed by atoms with van der Waals surface area (Å²) in [5.74, 6) is -2.39. The Hall–Kier alpha value is -1.85. The van der Waals surface area contributed by atoms with E-state index in [-0.39, 0.29) is 11.1 Å². The smallest absolute Gasteiger partial charge is 0.331 e. The number of carbonyl (C=O) groups excluding carboxylic acids is 2. The van der Waals surface area contributed by atoms with Gasteiger partial charge in [-0.2, -0.15) is 0 Å². The molecule has 0 aromatic rings. The van der Waals surface area contributed by atoms with E-state index in [1.54, 1.807) is 0 Å². The maximum Gasteiger partial charge on any atom is 0.331 e. The molecule has 0 unspecified atom stereocenters. The molecule has 6 heteroatoms. The molecule has 0 spiro atoms. The SMILES string of the molecule is COC(=O)C(C)(C)NC(=O)/C(C)=C(/C)C(=O)O. The zero-order chi connectivity index (χ0) is 13.8. The highest BCUT2D eigenvalue weighted by atomic mass is 16.5. The van der Waals surface area contributed by atoms with Crippen molar-refractivity contribution in [2.75, 3.05) is 7.11 Å². The van der Waals surface area contributed by atoms with E-state index in [9.17, 15) is 14.4 Å². The van der Waals surface area contributed by atoms with Crippen molar-refractivity contribution in [2.45, 2.75) is 33.2 Å². The van der Waals surface area contributed by atoms with E-state index < -0.39 is 23.4 Å². The quantitative estimate of drug-likeness (QED) is 0.553. The molecule has 6 nitrogen and oxygen atoms in total. The van der Waals surface area contributed by atoms with E-state index in [1.165, 1.54) is 34.8 Å². The lowest BCUT2D eigenvalue weighted by Gasteiger charge is -2.23. The van der Waals surface area contributed by atoms with Gasteiger partial charge in [0.15, 0.2) is 0 Å². The van der Waals surface area contributed by atoms with Gasteiger partial charge in [-0.25, -0.2) is 9.59 Å². The summed E-state index contributed by atoms with van der Waals surface area (Å²) < 4.78 is 4.52. The lowest BCUT2D eigenvalue weighted by atomic mass is 10.0. The molecule has 0 aromatic carbocycles. The van der Waals surface area contributed by atoms with Gasteiger partial charge in [0.2, 0.25) is 5.91 Å². The highest BCUT2D eigenvalue weighted by molar-refractivity contribution is 6.03. The van der Waals surface area contributed by atoms with Crippen LogP contribution in [0.15, 0.2) is 11.1 Å². The molecule has 0 heterocycles. The largest absolute Gasteiger partial charge is 0.478 e. The topological polar surface area (TPSA) is 92.7 Å². The van der Waals surface area contributed by atoms with Crippen LogP contribution in [0.25, 0.3) is 0 Å². The van der Waals surface area contributed by atoms with Crippen molar-refractivity contribution in [1.29, 1.82) is 0 Å². The number of rotatable bonds is 4. The van der Waals surface area contributed by atoms with Crippen molar-refractivity contribution in [2.24, 2.45) is 0 Å². The summed E-state index contributed by atoms with van der Waals surface area (Å²) in [6, 6.07) is 0. The first kappa shape index (κ1) is 15.2. The summed E-state index contributed by atoms with van der Waals surface area (Å²) in [6.07, 6.45) is 0. The van der Waals surface area contributed by atoms with Gasteiger partial charge in [-0.3, -0.25) is 4.79 Å². The Kier molecular flexibility index (Phi) is 4.87. The standard InChI is InChI=1S/C11H17NO5/c1-6(7(2)9(14)15)8(13)12-11(3,4)10(16)17-5/h1-5H3,(H,12,13)(H,14,15)/b7-6-. The van der Waals surface area contributed by atoms with E-state index in [2.05, 4.69) is 10.1 Å². The first-order chi connectivity index (χ1) is 7.63. The molecular formula is C11H17NO5. The summed E-state index contributed by atoms with van der Waals surface area (Å²) in [4.78, 5) is 33.7. The number of esters is 1. The molecule has 0 aromatic heterocycles. The molecule has 0 aliphatic rings. The van der Waals surface area contributed by atoms with Gasteiger partial charge in [0, 0.05) is 11.1 Å². The molecular weight excluding hydrogens is 226 g/mol. The average Bonchev–Trinajstić information content (AvgIpc) is 2.24. The fraction of sp³-hybridized carbons (Fsp3) is 0.545. The van der Waals surface area contributed by atoms with E-state index in [4.69, 9.17) is 5.11 Å². The van der Waals surface area contributed by atoms with Crippen LogP contribution in [-0.4, -0.2) is 35.6 Å². The lowest BCUT2D eigenvalue weighted by Crippen LogP contribution is -2.50. The Morgan fingerprint density at radius 1 is 1.12 bits per heavy atom. The van der Waals surface area contributed by atoms with Crippen LogP contribution < -0.4 is 5.32 Å². The van der Waals surface area contributed by atoms with Crippen molar-refractivity contribution in [3.8, 4) is 0 Å². The maximum absolute atomic E-state index is 11.7. The minimum absolute atomic E-state index is 0.0504. The third-order valence-corrected chi connectivity index (χ3v) is 2.35. The normalized spacial score (nSPS) is 12.5. The molecule has 0 saturated heterocycles. The second kappa shape index (κ2) is 5.47. The van der Waals surface area contributed by atoms with Gasteiger partial charge in [-0.15, -0.1) is 0 Å². The number of aliphatic carboxylic acids is 1. The van der Waals surface area contributed by atoms with Gasteiger partial charge < -0.3 is 15.2 Å². The number of ether oxygens (including phenoxy) is 1. The predicted octanol–water partition coefficient (Wildman–Crippen LogP) is 0.475. The summed E-state index contributed by atoms with van der Waals surface area (Å²) in [5, 5.41) is 11.1. The molecule has 0 atom stereocenters. The van der Waals surface area contributed by atoms with Crippen LogP contribution in [0.3, 0.4) is 0 Å². The van der Waals surface area contributed by atoms with Crippen LogP contribution in [0.5, 0.6) is 0 Å². The van der Waals surface area contributed by atoms with E-state index >= 15 is 0 Å². The molecule has 0 radical (unpaired) electrons. The third-order valence-electron chi connectivity index (χ3n) is 2.35. The van der Waals surface area contributed by atoms with Gasteiger partial charge in [0.25, 0.3) is 0 Å².